The quantitative estimate of drug-likeness (QED) is 0.864. The van der Waals surface area contributed by atoms with Crippen LogP contribution in [0.25, 0.3) is 0 Å². The molecule has 0 bridgehead atoms. The number of nitrogens with zero attached hydrogens (tertiary/aromatic N) is 2. The predicted molar refractivity (Wildman–Crippen MR) is 77.9 cm³/mol. The number of nitriles is 1. The molecule has 0 saturated heterocycles. The summed E-state index contributed by atoms with van der Waals surface area (Å²) >= 11 is 0. The third-order valence-corrected chi connectivity index (χ3v) is 4.38. The highest BCUT2D eigenvalue weighted by atomic mass is 16.3. The maximum atomic E-state index is 10.5. The van der Waals surface area contributed by atoms with Gasteiger partial charge in [0.05, 0.1) is 5.60 Å². The predicted octanol–water partition coefficient (Wildman–Crippen LogP) is 2.37. The van der Waals surface area contributed by atoms with E-state index in [0.717, 1.165) is 37.2 Å². The molecule has 4 heteroatoms. The van der Waals surface area contributed by atoms with E-state index in [1.54, 1.807) is 6.20 Å². The maximum Gasteiger partial charge on any atom is 0.144 e. The lowest BCUT2D eigenvalue weighted by Gasteiger charge is -2.36. The second-order valence-corrected chi connectivity index (χ2v) is 5.80. The fourth-order valence-electron chi connectivity index (χ4n) is 2.91. The molecule has 1 aromatic heterocycles. The summed E-state index contributed by atoms with van der Waals surface area (Å²) in [5, 5.41) is 22.8. The largest absolute Gasteiger partial charge is 0.389 e. The molecule has 20 heavy (non-hydrogen) atoms. The van der Waals surface area contributed by atoms with Crippen molar-refractivity contribution >= 4 is 0 Å². The lowest BCUT2D eigenvalue weighted by atomic mass is 9.78. The molecule has 0 radical (unpaired) electrons. The second kappa shape index (κ2) is 6.83. The van der Waals surface area contributed by atoms with E-state index in [-0.39, 0.29) is 0 Å². The summed E-state index contributed by atoms with van der Waals surface area (Å²) in [5.74, 6) is 0.777. The van der Waals surface area contributed by atoms with Crippen LogP contribution in [0.1, 0.15) is 50.3 Å². The van der Waals surface area contributed by atoms with Crippen LogP contribution in [0.5, 0.6) is 0 Å². The smallest absolute Gasteiger partial charge is 0.144 e. The number of aliphatic hydroxyl groups is 1. The Balaban J connectivity index is 1.83. The van der Waals surface area contributed by atoms with Gasteiger partial charge in [0.1, 0.15) is 11.8 Å². The summed E-state index contributed by atoms with van der Waals surface area (Å²) in [6, 6.07) is 5.83. The number of hydrogen-bond acceptors (Lipinski definition) is 4. The number of hydrogen-bond donors (Lipinski definition) is 2. The molecule has 0 unspecified atom stereocenters. The van der Waals surface area contributed by atoms with Gasteiger partial charge < -0.3 is 10.4 Å². The van der Waals surface area contributed by atoms with E-state index >= 15 is 0 Å². The Hall–Kier alpha value is -1.44. The topological polar surface area (TPSA) is 68.9 Å². The van der Waals surface area contributed by atoms with Crippen LogP contribution in [-0.4, -0.2) is 22.2 Å². The molecule has 0 amide bonds. The van der Waals surface area contributed by atoms with Crippen LogP contribution in [0.4, 0.5) is 0 Å². The number of aromatic nitrogens is 1. The van der Waals surface area contributed by atoms with Crippen LogP contribution in [0.2, 0.25) is 0 Å². The van der Waals surface area contributed by atoms with Crippen molar-refractivity contribution < 1.29 is 5.11 Å². The zero-order valence-corrected chi connectivity index (χ0v) is 12.1. The highest BCUT2D eigenvalue weighted by Gasteiger charge is 2.32. The number of rotatable bonds is 5. The summed E-state index contributed by atoms with van der Waals surface area (Å²) in [4.78, 5) is 4.04. The van der Waals surface area contributed by atoms with Crippen molar-refractivity contribution in [2.45, 2.75) is 51.2 Å². The maximum absolute atomic E-state index is 10.5. The van der Waals surface area contributed by atoms with Crippen molar-refractivity contribution in [1.29, 1.82) is 5.26 Å². The third kappa shape index (κ3) is 3.78. The first-order valence-corrected chi connectivity index (χ1v) is 7.44. The van der Waals surface area contributed by atoms with Crippen molar-refractivity contribution in [3.05, 3.63) is 29.6 Å². The highest BCUT2D eigenvalue weighted by molar-refractivity contribution is 5.30. The van der Waals surface area contributed by atoms with Gasteiger partial charge in [-0.15, -0.1) is 0 Å². The first kappa shape index (κ1) is 15.0. The summed E-state index contributed by atoms with van der Waals surface area (Å²) < 4.78 is 0. The Morgan fingerprint density at radius 1 is 1.50 bits per heavy atom. The van der Waals surface area contributed by atoms with Crippen molar-refractivity contribution in [1.82, 2.24) is 10.3 Å². The molecule has 0 aliphatic heterocycles. The third-order valence-electron chi connectivity index (χ3n) is 4.38. The van der Waals surface area contributed by atoms with Gasteiger partial charge in [-0.25, -0.2) is 4.98 Å². The van der Waals surface area contributed by atoms with Gasteiger partial charge in [-0.05, 0) is 37.7 Å². The Morgan fingerprint density at radius 3 is 2.90 bits per heavy atom. The normalized spacial score (nSPS) is 26.1. The number of nitrogens with one attached hydrogen (secondary N) is 1. The Morgan fingerprint density at radius 2 is 2.25 bits per heavy atom. The summed E-state index contributed by atoms with van der Waals surface area (Å²) in [6.45, 7) is 3.39. The van der Waals surface area contributed by atoms with Crippen LogP contribution in [0, 0.1) is 17.2 Å². The average Bonchev–Trinajstić information content (AvgIpc) is 2.48. The standard InChI is InChI=1S/C16H23N3O/c1-2-13-5-7-16(20,8-6-13)12-18-11-14-4-3-9-19-15(14)10-17/h3-4,9,13,18,20H,2,5-8,11-12H2,1H3. The molecular weight excluding hydrogens is 250 g/mol. The molecule has 0 spiro atoms. The Bertz CT molecular complexity index is 473. The monoisotopic (exact) mass is 273 g/mol. The zero-order chi connectivity index (χ0) is 14.4. The van der Waals surface area contributed by atoms with Gasteiger partial charge >= 0.3 is 0 Å². The lowest BCUT2D eigenvalue weighted by Crippen LogP contribution is -2.43. The van der Waals surface area contributed by atoms with Gasteiger partial charge in [-0.1, -0.05) is 19.4 Å². The van der Waals surface area contributed by atoms with Crippen LogP contribution in [0.3, 0.4) is 0 Å². The van der Waals surface area contributed by atoms with Gasteiger partial charge in [0.15, 0.2) is 0 Å². The molecule has 2 rings (SSSR count). The van der Waals surface area contributed by atoms with E-state index in [4.69, 9.17) is 5.26 Å². The van der Waals surface area contributed by atoms with Crippen LogP contribution in [-0.2, 0) is 6.54 Å². The van der Waals surface area contributed by atoms with Crippen LogP contribution in [0.15, 0.2) is 18.3 Å². The van der Waals surface area contributed by atoms with Gasteiger partial charge in [-0.2, -0.15) is 5.26 Å². The van der Waals surface area contributed by atoms with Gasteiger partial charge in [-0.3, -0.25) is 0 Å². The van der Waals surface area contributed by atoms with Crippen molar-refractivity contribution in [3.63, 3.8) is 0 Å². The summed E-state index contributed by atoms with van der Waals surface area (Å²) in [7, 11) is 0. The first-order valence-electron chi connectivity index (χ1n) is 7.44. The second-order valence-electron chi connectivity index (χ2n) is 5.80. The van der Waals surface area contributed by atoms with Crippen molar-refractivity contribution in [2.24, 2.45) is 5.92 Å². The minimum absolute atomic E-state index is 0.460. The fraction of sp³-hybridized carbons (Fsp3) is 0.625. The molecule has 108 valence electrons. The molecular formula is C16H23N3O. The van der Waals surface area contributed by atoms with E-state index in [1.165, 1.54) is 6.42 Å². The van der Waals surface area contributed by atoms with E-state index in [0.29, 0.717) is 18.8 Å². The first-order chi connectivity index (χ1) is 9.67. The number of pyridine rings is 1. The summed E-state index contributed by atoms with van der Waals surface area (Å²) in [6.07, 6.45) is 6.82. The molecule has 1 saturated carbocycles. The van der Waals surface area contributed by atoms with Gasteiger partial charge in [0.2, 0.25) is 0 Å². The van der Waals surface area contributed by atoms with E-state index in [9.17, 15) is 5.11 Å². The minimum atomic E-state index is -0.583. The highest BCUT2D eigenvalue weighted by Crippen LogP contribution is 2.33. The van der Waals surface area contributed by atoms with Crippen molar-refractivity contribution in [2.75, 3.05) is 6.54 Å². The van der Waals surface area contributed by atoms with Crippen LogP contribution < -0.4 is 5.32 Å². The Kier molecular flexibility index (Phi) is 5.11. The fourth-order valence-corrected chi connectivity index (χ4v) is 2.91. The molecule has 4 nitrogen and oxygen atoms in total. The zero-order valence-electron chi connectivity index (χ0n) is 12.1. The van der Waals surface area contributed by atoms with Gasteiger partial charge in [0.25, 0.3) is 0 Å². The van der Waals surface area contributed by atoms with E-state index in [1.807, 2.05) is 12.1 Å². The molecule has 1 heterocycles. The molecule has 0 atom stereocenters. The van der Waals surface area contributed by atoms with Crippen LogP contribution >= 0.6 is 0 Å². The molecule has 1 fully saturated rings. The van der Waals surface area contributed by atoms with E-state index in [2.05, 4.69) is 23.3 Å². The van der Waals surface area contributed by atoms with E-state index < -0.39 is 5.60 Å². The molecule has 0 aromatic carbocycles. The molecule has 1 aromatic rings. The Labute approximate surface area is 120 Å². The molecule has 1 aliphatic carbocycles. The average molecular weight is 273 g/mol. The lowest BCUT2D eigenvalue weighted by molar-refractivity contribution is -0.00881. The van der Waals surface area contributed by atoms with Crippen molar-refractivity contribution in [3.8, 4) is 6.07 Å². The van der Waals surface area contributed by atoms with Gasteiger partial charge in [0, 0.05) is 24.8 Å². The minimum Gasteiger partial charge on any atom is -0.389 e. The molecule has 2 N–H and O–H groups in total. The molecule has 1 aliphatic rings. The SMILES string of the molecule is CCC1CCC(O)(CNCc2cccnc2C#N)CC1. The summed E-state index contributed by atoms with van der Waals surface area (Å²) in [5.41, 5.74) is 0.767.